The quantitative estimate of drug-likeness (QED) is 0.500. The van der Waals surface area contributed by atoms with Crippen LogP contribution in [-0.4, -0.2) is 49.8 Å². The number of nitrogens with one attached hydrogen (secondary N) is 2. The van der Waals surface area contributed by atoms with Crippen LogP contribution in [0.2, 0.25) is 0 Å². The van der Waals surface area contributed by atoms with Crippen molar-refractivity contribution in [2.75, 3.05) is 39.8 Å². The molecule has 1 saturated heterocycles. The SMILES string of the molecule is CCNC(=S)N1CC[NH+](C)CC1. The zero-order valence-electron chi connectivity index (χ0n) is 7.89. The number of piperazine rings is 1. The first-order valence-corrected chi connectivity index (χ1v) is 4.99. The van der Waals surface area contributed by atoms with Crippen LogP contribution in [0.3, 0.4) is 0 Å². The second kappa shape index (κ2) is 4.62. The average molecular weight is 188 g/mol. The summed E-state index contributed by atoms with van der Waals surface area (Å²) in [6.45, 7) is 7.60. The lowest BCUT2D eigenvalue weighted by molar-refractivity contribution is -0.883. The Bertz CT molecular complexity index is 152. The smallest absolute Gasteiger partial charge is 0.169 e. The summed E-state index contributed by atoms with van der Waals surface area (Å²) >= 11 is 5.22. The van der Waals surface area contributed by atoms with Gasteiger partial charge < -0.3 is 15.1 Å². The van der Waals surface area contributed by atoms with Gasteiger partial charge in [-0.05, 0) is 19.1 Å². The Morgan fingerprint density at radius 2 is 2.08 bits per heavy atom. The molecule has 70 valence electrons. The molecule has 0 aromatic rings. The monoisotopic (exact) mass is 188 g/mol. The van der Waals surface area contributed by atoms with Crippen LogP contribution in [0.15, 0.2) is 0 Å². The zero-order chi connectivity index (χ0) is 8.97. The number of likely N-dealkylation sites (N-methyl/N-ethyl adjacent to an activating group) is 1. The lowest BCUT2D eigenvalue weighted by Crippen LogP contribution is -3.12. The second-order valence-corrected chi connectivity index (χ2v) is 3.67. The average Bonchev–Trinajstić information content (AvgIpc) is 2.06. The Kier molecular flexibility index (Phi) is 3.75. The third kappa shape index (κ3) is 2.60. The van der Waals surface area contributed by atoms with Crippen LogP contribution in [0.5, 0.6) is 0 Å². The standard InChI is InChI=1S/C8H17N3S/c1-3-9-8(12)11-6-4-10(2)5-7-11/h3-7H2,1-2H3,(H,9,12)/p+1. The summed E-state index contributed by atoms with van der Waals surface area (Å²) < 4.78 is 0. The van der Waals surface area contributed by atoms with Crippen LogP contribution in [0, 0.1) is 0 Å². The van der Waals surface area contributed by atoms with Gasteiger partial charge in [-0.1, -0.05) is 0 Å². The normalized spacial score (nSPS) is 19.3. The van der Waals surface area contributed by atoms with Crippen LogP contribution in [-0.2, 0) is 0 Å². The van der Waals surface area contributed by atoms with Crippen molar-refractivity contribution in [3.63, 3.8) is 0 Å². The fraction of sp³-hybridized carbons (Fsp3) is 0.875. The maximum atomic E-state index is 5.22. The van der Waals surface area contributed by atoms with E-state index in [1.807, 2.05) is 0 Å². The van der Waals surface area contributed by atoms with Gasteiger partial charge in [0.1, 0.15) is 0 Å². The maximum absolute atomic E-state index is 5.22. The summed E-state index contributed by atoms with van der Waals surface area (Å²) in [5, 5.41) is 4.10. The summed E-state index contributed by atoms with van der Waals surface area (Å²) in [4.78, 5) is 3.86. The predicted octanol–water partition coefficient (Wildman–Crippen LogP) is -1.29. The molecule has 1 rings (SSSR count). The van der Waals surface area contributed by atoms with Crippen molar-refractivity contribution in [1.82, 2.24) is 10.2 Å². The molecule has 12 heavy (non-hydrogen) atoms. The zero-order valence-corrected chi connectivity index (χ0v) is 8.71. The summed E-state index contributed by atoms with van der Waals surface area (Å²) in [5.41, 5.74) is 0. The molecular formula is C8H18N3S+. The molecule has 1 aliphatic rings. The Balaban J connectivity index is 2.29. The van der Waals surface area contributed by atoms with E-state index < -0.39 is 0 Å². The van der Waals surface area contributed by atoms with Gasteiger partial charge in [-0.2, -0.15) is 0 Å². The molecule has 0 amide bonds. The number of thiocarbonyl (C=S) groups is 1. The highest BCUT2D eigenvalue weighted by Crippen LogP contribution is 1.89. The van der Waals surface area contributed by atoms with E-state index in [4.69, 9.17) is 12.2 Å². The molecule has 3 nitrogen and oxygen atoms in total. The van der Waals surface area contributed by atoms with E-state index in [0.29, 0.717) is 0 Å². The van der Waals surface area contributed by atoms with Crippen LogP contribution in [0.1, 0.15) is 6.92 Å². The molecule has 0 aromatic carbocycles. The topological polar surface area (TPSA) is 19.7 Å². The summed E-state index contributed by atoms with van der Waals surface area (Å²) in [6, 6.07) is 0. The van der Waals surface area contributed by atoms with Crippen molar-refractivity contribution in [1.29, 1.82) is 0 Å². The molecule has 0 unspecified atom stereocenters. The van der Waals surface area contributed by atoms with E-state index in [0.717, 1.165) is 24.7 Å². The van der Waals surface area contributed by atoms with Gasteiger partial charge in [-0.25, -0.2) is 0 Å². The van der Waals surface area contributed by atoms with E-state index in [1.54, 1.807) is 4.90 Å². The van der Waals surface area contributed by atoms with Gasteiger partial charge in [0.05, 0.1) is 33.2 Å². The van der Waals surface area contributed by atoms with Crippen LogP contribution in [0.25, 0.3) is 0 Å². The molecule has 0 bridgehead atoms. The highest BCUT2D eigenvalue weighted by Gasteiger charge is 2.17. The number of hydrogen-bond acceptors (Lipinski definition) is 1. The minimum absolute atomic E-state index is 0.921. The summed E-state index contributed by atoms with van der Waals surface area (Å²) in [5.74, 6) is 0. The fourth-order valence-corrected chi connectivity index (χ4v) is 1.68. The molecule has 2 N–H and O–H groups in total. The van der Waals surface area contributed by atoms with Gasteiger partial charge >= 0.3 is 0 Å². The molecule has 0 radical (unpaired) electrons. The molecule has 1 fully saturated rings. The Morgan fingerprint density at radius 3 is 2.58 bits per heavy atom. The van der Waals surface area contributed by atoms with Crippen molar-refractivity contribution in [2.24, 2.45) is 0 Å². The molecule has 0 saturated carbocycles. The van der Waals surface area contributed by atoms with Gasteiger partial charge in [-0.3, -0.25) is 0 Å². The maximum Gasteiger partial charge on any atom is 0.169 e. The van der Waals surface area contributed by atoms with Gasteiger partial charge in [-0.15, -0.1) is 0 Å². The molecular weight excluding hydrogens is 170 g/mol. The van der Waals surface area contributed by atoms with E-state index in [9.17, 15) is 0 Å². The van der Waals surface area contributed by atoms with Crippen molar-refractivity contribution in [3.8, 4) is 0 Å². The van der Waals surface area contributed by atoms with Crippen molar-refractivity contribution < 1.29 is 4.90 Å². The Hall–Kier alpha value is -0.350. The van der Waals surface area contributed by atoms with Crippen LogP contribution >= 0.6 is 12.2 Å². The molecule has 0 atom stereocenters. The van der Waals surface area contributed by atoms with Crippen molar-refractivity contribution >= 4 is 17.3 Å². The Labute approximate surface area is 79.7 Å². The van der Waals surface area contributed by atoms with E-state index in [-0.39, 0.29) is 0 Å². The predicted molar refractivity (Wildman–Crippen MR) is 54.5 cm³/mol. The first kappa shape index (κ1) is 9.74. The fourth-order valence-electron chi connectivity index (χ4n) is 1.35. The van der Waals surface area contributed by atoms with E-state index in [2.05, 4.69) is 24.2 Å². The molecule has 1 heterocycles. The van der Waals surface area contributed by atoms with E-state index >= 15 is 0 Å². The van der Waals surface area contributed by atoms with E-state index in [1.165, 1.54) is 13.1 Å². The van der Waals surface area contributed by atoms with Gasteiger partial charge in [0, 0.05) is 6.54 Å². The number of nitrogens with zero attached hydrogens (tertiary/aromatic N) is 1. The lowest BCUT2D eigenvalue weighted by atomic mass is 10.3. The van der Waals surface area contributed by atoms with Gasteiger partial charge in [0.15, 0.2) is 5.11 Å². The van der Waals surface area contributed by atoms with Crippen molar-refractivity contribution in [3.05, 3.63) is 0 Å². The number of hydrogen-bond donors (Lipinski definition) is 2. The Morgan fingerprint density at radius 1 is 1.50 bits per heavy atom. The number of rotatable bonds is 1. The third-order valence-corrected chi connectivity index (χ3v) is 2.63. The molecule has 4 heteroatoms. The largest absolute Gasteiger partial charge is 0.363 e. The highest BCUT2D eigenvalue weighted by molar-refractivity contribution is 7.80. The molecule has 1 aliphatic heterocycles. The lowest BCUT2D eigenvalue weighted by Gasteiger charge is -2.31. The summed E-state index contributed by atoms with van der Waals surface area (Å²) in [7, 11) is 2.23. The first-order valence-electron chi connectivity index (χ1n) is 4.58. The minimum atomic E-state index is 0.921. The van der Waals surface area contributed by atoms with Gasteiger partial charge in [0.25, 0.3) is 0 Å². The molecule has 0 spiro atoms. The summed E-state index contributed by atoms with van der Waals surface area (Å²) in [6.07, 6.45) is 0. The minimum Gasteiger partial charge on any atom is -0.363 e. The number of quaternary nitrogens is 1. The van der Waals surface area contributed by atoms with Gasteiger partial charge in [0.2, 0.25) is 0 Å². The third-order valence-electron chi connectivity index (χ3n) is 2.23. The second-order valence-electron chi connectivity index (χ2n) is 3.28. The van der Waals surface area contributed by atoms with Crippen molar-refractivity contribution in [2.45, 2.75) is 6.92 Å². The highest BCUT2D eigenvalue weighted by atomic mass is 32.1. The molecule has 0 aromatic heterocycles. The van der Waals surface area contributed by atoms with Crippen LogP contribution in [0.4, 0.5) is 0 Å². The first-order chi connectivity index (χ1) is 5.74. The van der Waals surface area contributed by atoms with Crippen LogP contribution < -0.4 is 10.2 Å². The molecule has 0 aliphatic carbocycles.